The van der Waals surface area contributed by atoms with E-state index in [-0.39, 0.29) is 11.8 Å². The van der Waals surface area contributed by atoms with Crippen molar-refractivity contribution in [3.63, 3.8) is 0 Å². The molecule has 0 radical (unpaired) electrons. The average Bonchev–Trinajstić information content (AvgIpc) is 2.69. The van der Waals surface area contributed by atoms with Crippen molar-refractivity contribution in [2.24, 2.45) is 0 Å². The van der Waals surface area contributed by atoms with Crippen molar-refractivity contribution in [2.45, 2.75) is 62.7 Å². The van der Waals surface area contributed by atoms with Gasteiger partial charge in [0, 0.05) is 11.8 Å². The summed E-state index contributed by atoms with van der Waals surface area (Å²) in [6, 6.07) is 13.6. The van der Waals surface area contributed by atoms with E-state index in [1.807, 2.05) is 18.2 Å². The van der Waals surface area contributed by atoms with Crippen LogP contribution in [-0.4, -0.2) is 10.2 Å². The normalized spacial score (nSPS) is 23.3. The molecule has 2 N–H and O–H groups in total. The number of rotatable bonds is 3. The van der Waals surface area contributed by atoms with E-state index in [1.165, 1.54) is 56.1 Å². The van der Waals surface area contributed by atoms with E-state index in [4.69, 9.17) is 0 Å². The Hall–Kier alpha value is -2.48. The molecule has 2 nitrogen and oxygen atoms in total. The van der Waals surface area contributed by atoms with Gasteiger partial charge in [-0.15, -0.1) is 0 Å². The molecule has 0 atom stereocenters. The topological polar surface area (TPSA) is 40.5 Å². The fraction of sp³-hybridized carbons (Fsp3) is 0.385. The lowest BCUT2D eigenvalue weighted by molar-refractivity contribution is 0.424. The molecular formula is C26H30O2. The van der Waals surface area contributed by atoms with Crippen LogP contribution in [0.3, 0.4) is 0 Å². The monoisotopic (exact) mass is 374 g/mol. The lowest BCUT2D eigenvalue weighted by Crippen LogP contribution is -2.05. The van der Waals surface area contributed by atoms with Crippen molar-refractivity contribution in [3.8, 4) is 11.5 Å². The van der Waals surface area contributed by atoms with E-state index >= 15 is 0 Å². The highest BCUT2D eigenvalue weighted by Gasteiger charge is 2.19. The summed E-state index contributed by atoms with van der Waals surface area (Å²) in [6.45, 7) is 0. The second-order valence-electron chi connectivity index (χ2n) is 8.27. The first kappa shape index (κ1) is 18.9. The SMILES string of the molecule is Oc1ccc(C2C=CC(c3ccc(O)c(C4CCCCCCC4)c3)C=C2)cc1. The molecule has 4 rings (SSSR count). The Balaban J connectivity index is 1.51. The van der Waals surface area contributed by atoms with Gasteiger partial charge in [0.15, 0.2) is 0 Å². The summed E-state index contributed by atoms with van der Waals surface area (Å²) < 4.78 is 0. The molecule has 0 spiro atoms. The van der Waals surface area contributed by atoms with Crippen LogP contribution in [0, 0.1) is 0 Å². The molecule has 0 unspecified atom stereocenters. The van der Waals surface area contributed by atoms with Crippen LogP contribution in [0.25, 0.3) is 0 Å². The predicted octanol–water partition coefficient (Wildman–Crippen LogP) is 6.92. The summed E-state index contributed by atoms with van der Waals surface area (Å²) in [6.07, 6.45) is 17.9. The highest BCUT2D eigenvalue weighted by Crippen LogP contribution is 2.38. The standard InChI is InChI=1S/C26H30O2/c27-24-15-12-20(13-16-24)19-8-10-21(11-9-19)23-14-17-26(28)25(18-23)22-6-4-2-1-3-5-7-22/h8-19,21-22,27-28H,1-7H2. The summed E-state index contributed by atoms with van der Waals surface area (Å²) in [4.78, 5) is 0. The second-order valence-corrected chi connectivity index (χ2v) is 8.27. The van der Waals surface area contributed by atoms with Gasteiger partial charge in [0.25, 0.3) is 0 Å². The van der Waals surface area contributed by atoms with E-state index in [0.717, 1.165) is 5.56 Å². The lowest BCUT2D eigenvalue weighted by atomic mass is 9.82. The van der Waals surface area contributed by atoms with Crippen molar-refractivity contribution >= 4 is 0 Å². The van der Waals surface area contributed by atoms with Gasteiger partial charge in [0.2, 0.25) is 0 Å². The molecule has 2 heteroatoms. The molecule has 0 saturated heterocycles. The summed E-state index contributed by atoms with van der Waals surface area (Å²) in [5, 5.41) is 20.0. The number of phenolic OH excluding ortho intramolecular Hbond substituents is 2. The maximum Gasteiger partial charge on any atom is 0.119 e. The molecule has 0 bridgehead atoms. The van der Waals surface area contributed by atoms with Crippen LogP contribution in [0.4, 0.5) is 0 Å². The smallest absolute Gasteiger partial charge is 0.119 e. The quantitative estimate of drug-likeness (QED) is 0.572. The van der Waals surface area contributed by atoms with Crippen molar-refractivity contribution in [1.82, 2.24) is 0 Å². The van der Waals surface area contributed by atoms with Crippen molar-refractivity contribution < 1.29 is 10.2 Å². The van der Waals surface area contributed by atoms with E-state index in [1.54, 1.807) is 12.1 Å². The molecule has 0 aromatic heterocycles. The number of aromatic hydroxyl groups is 2. The Morgan fingerprint density at radius 3 is 1.79 bits per heavy atom. The van der Waals surface area contributed by atoms with Crippen LogP contribution in [0.15, 0.2) is 66.8 Å². The first-order valence-electron chi connectivity index (χ1n) is 10.7. The van der Waals surface area contributed by atoms with E-state index in [9.17, 15) is 10.2 Å². The van der Waals surface area contributed by atoms with Crippen LogP contribution >= 0.6 is 0 Å². The van der Waals surface area contributed by atoms with Crippen molar-refractivity contribution in [1.29, 1.82) is 0 Å². The van der Waals surface area contributed by atoms with Gasteiger partial charge in [-0.1, -0.05) is 80.7 Å². The average molecular weight is 375 g/mol. The molecule has 0 amide bonds. The molecule has 28 heavy (non-hydrogen) atoms. The van der Waals surface area contributed by atoms with Gasteiger partial charge in [0.1, 0.15) is 11.5 Å². The molecule has 1 fully saturated rings. The number of hydrogen-bond acceptors (Lipinski definition) is 2. The van der Waals surface area contributed by atoms with E-state index in [0.29, 0.717) is 17.4 Å². The van der Waals surface area contributed by atoms with Crippen LogP contribution < -0.4 is 0 Å². The van der Waals surface area contributed by atoms with Crippen LogP contribution in [0.1, 0.15) is 79.4 Å². The zero-order chi connectivity index (χ0) is 19.3. The lowest BCUT2D eigenvalue weighted by Gasteiger charge is -2.23. The second kappa shape index (κ2) is 8.68. The van der Waals surface area contributed by atoms with Gasteiger partial charge in [-0.05, 0) is 53.6 Å². The molecule has 2 aromatic carbocycles. The Morgan fingerprint density at radius 1 is 0.607 bits per heavy atom. The van der Waals surface area contributed by atoms with E-state index < -0.39 is 0 Å². The Morgan fingerprint density at radius 2 is 1.14 bits per heavy atom. The van der Waals surface area contributed by atoms with Crippen LogP contribution in [-0.2, 0) is 0 Å². The predicted molar refractivity (Wildman–Crippen MR) is 115 cm³/mol. The van der Waals surface area contributed by atoms with Crippen LogP contribution in [0.2, 0.25) is 0 Å². The third-order valence-electron chi connectivity index (χ3n) is 6.31. The zero-order valence-electron chi connectivity index (χ0n) is 16.4. The fourth-order valence-electron chi connectivity index (χ4n) is 4.62. The van der Waals surface area contributed by atoms with Gasteiger partial charge in [-0.3, -0.25) is 0 Å². The molecule has 146 valence electrons. The summed E-state index contributed by atoms with van der Waals surface area (Å²) in [5.74, 6) is 1.75. The summed E-state index contributed by atoms with van der Waals surface area (Å²) >= 11 is 0. The zero-order valence-corrected chi connectivity index (χ0v) is 16.4. The van der Waals surface area contributed by atoms with Gasteiger partial charge < -0.3 is 10.2 Å². The fourth-order valence-corrected chi connectivity index (χ4v) is 4.62. The highest BCUT2D eigenvalue weighted by atomic mass is 16.3. The molecule has 2 aliphatic rings. The van der Waals surface area contributed by atoms with E-state index in [2.05, 4.69) is 36.4 Å². The molecular weight excluding hydrogens is 344 g/mol. The molecule has 2 aliphatic carbocycles. The summed E-state index contributed by atoms with van der Waals surface area (Å²) in [5.41, 5.74) is 3.58. The largest absolute Gasteiger partial charge is 0.508 e. The third kappa shape index (κ3) is 4.32. The number of hydrogen-bond donors (Lipinski definition) is 2. The maximum absolute atomic E-state index is 10.5. The Labute approximate surface area is 168 Å². The van der Waals surface area contributed by atoms with Gasteiger partial charge in [0.05, 0.1) is 0 Å². The van der Waals surface area contributed by atoms with Gasteiger partial charge in [-0.2, -0.15) is 0 Å². The minimum Gasteiger partial charge on any atom is -0.508 e. The Kier molecular flexibility index (Phi) is 5.85. The minimum atomic E-state index is 0.249. The number of benzene rings is 2. The van der Waals surface area contributed by atoms with Gasteiger partial charge in [-0.25, -0.2) is 0 Å². The molecule has 2 aromatic rings. The first-order chi connectivity index (χ1) is 13.7. The third-order valence-corrected chi connectivity index (χ3v) is 6.31. The van der Waals surface area contributed by atoms with Crippen molar-refractivity contribution in [3.05, 3.63) is 83.5 Å². The van der Waals surface area contributed by atoms with Crippen LogP contribution in [0.5, 0.6) is 11.5 Å². The maximum atomic E-state index is 10.5. The Bertz CT molecular complexity index is 825. The molecule has 0 aliphatic heterocycles. The molecule has 0 heterocycles. The number of allylic oxidation sites excluding steroid dienone is 4. The van der Waals surface area contributed by atoms with Gasteiger partial charge >= 0.3 is 0 Å². The molecule has 1 saturated carbocycles. The highest BCUT2D eigenvalue weighted by molar-refractivity contribution is 5.45. The minimum absolute atomic E-state index is 0.249. The first-order valence-corrected chi connectivity index (χ1v) is 10.7. The number of phenols is 2. The summed E-state index contributed by atoms with van der Waals surface area (Å²) in [7, 11) is 0. The van der Waals surface area contributed by atoms with Crippen molar-refractivity contribution in [2.75, 3.05) is 0 Å².